The summed E-state index contributed by atoms with van der Waals surface area (Å²) in [7, 11) is 1.31. The van der Waals surface area contributed by atoms with Crippen LogP contribution in [-0.2, 0) is 17.8 Å². The number of pyridine rings is 1. The van der Waals surface area contributed by atoms with Crippen molar-refractivity contribution in [3.63, 3.8) is 0 Å². The fraction of sp³-hybridized carbons (Fsp3) is 0.179. The minimum Gasteiger partial charge on any atom is -0.465 e. The Balaban J connectivity index is 1.70. The lowest BCUT2D eigenvalue weighted by Crippen LogP contribution is -2.36. The molecule has 4 rings (SSSR count). The number of fused-ring (bicyclic) bond motifs is 1. The number of carbonyl (C=O) groups is 1. The van der Waals surface area contributed by atoms with Gasteiger partial charge in [0.15, 0.2) is 5.11 Å². The number of benzene rings is 3. The summed E-state index contributed by atoms with van der Waals surface area (Å²) in [6.45, 7) is 4.46. The monoisotopic (exact) mass is 503 g/mol. The lowest BCUT2D eigenvalue weighted by Gasteiger charge is -2.26. The van der Waals surface area contributed by atoms with Crippen molar-refractivity contribution in [1.29, 1.82) is 0 Å². The van der Waals surface area contributed by atoms with Crippen molar-refractivity contribution in [2.24, 2.45) is 0 Å². The molecule has 0 bridgehead atoms. The van der Waals surface area contributed by atoms with E-state index < -0.39 is 5.97 Å². The number of rotatable bonds is 6. The van der Waals surface area contributed by atoms with Crippen LogP contribution in [0.15, 0.2) is 71.5 Å². The molecule has 0 unspecified atom stereocenters. The van der Waals surface area contributed by atoms with Gasteiger partial charge in [-0.05, 0) is 73.1 Å². The fourth-order valence-electron chi connectivity index (χ4n) is 4.03. The van der Waals surface area contributed by atoms with Crippen molar-refractivity contribution in [2.75, 3.05) is 12.4 Å². The second-order valence-electron chi connectivity index (χ2n) is 8.56. The van der Waals surface area contributed by atoms with Crippen molar-refractivity contribution in [3.8, 4) is 0 Å². The standard InChI is InChI=1S/C28H26FN3O3S/c1-17-8-9-18(2)25-23(17)14-20(26(33)31-25)16-32(15-19-10-12-21(29)13-11-19)28(36)30-24-7-5-4-6-22(24)27(34)35-3/h4-14H,15-16H2,1-3H3,(H,30,36)(H,31,33). The Morgan fingerprint density at radius 2 is 1.72 bits per heavy atom. The molecule has 8 heteroatoms. The number of hydrogen-bond donors (Lipinski definition) is 2. The van der Waals surface area contributed by atoms with Crippen LogP contribution in [0.5, 0.6) is 0 Å². The second-order valence-corrected chi connectivity index (χ2v) is 8.95. The third-order valence-electron chi connectivity index (χ3n) is 6.03. The number of anilines is 1. The molecule has 0 atom stereocenters. The second kappa shape index (κ2) is 10.7. The third-order valence-corrected chi connectivity index (χ3v) is 6.39. The molecule has 1 aromatic heterocycles. The summed E-state index contributed by atoms with van der Waals surface area (Å²) in [5.74, 6) is -0.836. The average molecular weight is 504 g/mol. The van der Waals surface area contributed by atoms with Crippen LogP contribution in [0.3, 0.4) is 0 Å². The van der Waals surface area contributed by atoms with Crippen molar-refractivity contribution < 1.29 is 13.9 Å². The first-order chi connectivity index (χ1) is 17.3. The Morgan fingerprint density at radius 1 is 1.03 bits per heavy atom. The van der Waals surface area contributed by atoms with Gasteiger partial charge in [0.2, 0.25) is 0 Å². The van der Waals surface area contributed by atoms with E-state index in [0.717, 1.165) is 27.6 Å². The van der Waals surface area contributed by atoms with E-state index in [-0.39, 0.29) is 17.9 Å². The molecular formula is C28H26FN3O3S. The zero-order valence-electron chi connectivity index (χ0n) is 20.2. The van der Waals surface area contributed by atoms with Crippen molar-refractivity contribution in [3.05, 3.63) is 111 Å². The molecule has 0 aliphatic rings. The average Bonchev–Trinajstić information content (AvgIpc) is 2.87. The van der Waals surface area contributed by atoms with Crippen LogP contribution in [0.25, 0.3) is 10.9 Å². The highest BCUT2D eigenvalue weighted by atomic mass is 32.1. The molecule has 3 aromatic carbocycles. The first-order valence-corrected chi connectivity index (χ1v) is 11.8. The normalized spacial score (nSPS) is 10.8. The zero-order chi connectivity index (χ0) is 25.8. The number of hydrogen-bond acceptors (Lipinski definition) is 4. The molecule has 0 amide bonds. The molecule has 184 valence electrons. The van der Waals surface area contributed by atoms with Crippen molar-refractivity contribution in [1.82, 2.24) is 9.88 Å². The Morgan fingerprint density at radius 3 is 2.44 bits per heavy atom. The van der Waals surface area contributed by atoms with E-state index in [1.807, 2.05) is 32.0 Å². The van der Waals surface area contributed by atoms with Gasteiger partial charge in [-0.25, -0.2) is 9.18 Å². The van der Waals surface area contributed by atoms with Crippen LogP contribution in [0, 0.1) is 19.7 Å². The van der Waals surface area contributed by atoms with Gasteiger partial charge < -0.3 is 19.9 Å². The van der Waals surface area contributed by atoms with Crippen molar-refractivity contribution in [2.45, 2.75) is 26.9 Å². The topological polar surface area (TPSA) is 74.4 Å². The van der Waals surface area contributed by atoms with Gasteiger partial charge in [-0.2, -0.15) is 0 Å². The molecule has 2 N–H and O–H groups in total. The van der Waals surface area contributed by atoms with Crippen LogP contribution < -0.4 is 10.9 Å². The molecule has 0 spiro atoms. The van der Waals surface area contributed by atoms with Crippen LogP contribution in [0.4, 0.5) is 10.1 Å². The van der Waals surface area contributed by atoms with Crippen LogP contribution >= 0.6 is 12.2 Å². The fourth-order valence-corrected chi connectivity index (χ4v) is 4.26. The molecule has 1 heterocycles. The Labute approximate surface area is 213 Å². The number of nitrogens with one attached hydrogen (secondary N) is 2. The number of aromatic amines is 1. The van der Waals surface area contributed by atoms with E-state index in [9.17, 15) is 14.0 Å². The van der Waals surface area contributed by atoms with E-state index in [0.29, 0.717) is 28.5 Å². The van der Waals surface area contributed by atoms with Gasteiger partial charge in [-0.3, -0.25) is 4.79 Å². The summed E-state index contributed by atoms with van der Waals surface area (Å²) in [5, 5.41) is 4.39. The molecular weight excluding hydrogens is 477 g/mol. The van der Waals surface area contributed by atoms with Gasteiger partial charge in [-0.1, -0.05) is 36.4 Å². The molecule has 0 saturated carbocycles. The number of aryl methyl sites for hydroxylation is 2. The van der Waals surface area contributed by atoms with Gasteiger partial charge in [0.1, 0.15) is 5.82 Å². The Hall–Kier alpha value is -4.04. The maximum atomic E-state index is 13.5. The third kappa shape index (κ3) is 5.44. The predicted molar refractivity (Wildman–Crippen MR) is 144 cm³/mol. The van der Waals surface area contributed by atoms with Crippen LogP contribution in [-0.4, -0.2) is 28.1 Å². The van der Waals surface area contributed by atoms with E-state index in [1.54, 1.807) is 41.3 Å². The van der Waals surface area contributed by atoms with Crippen LogP contribution in [0.2, 0.25) is 0 Å². The minimum atomic E-state index is -0.497. The van der Waals surface area contributed by atoms with E-state index >= 15 is 0 Å². The number of halogens is 1. The number of H-pyrrole nitrogens is 1. The molecule has 4 aromatic rings. The number of carbonyl (C=O) groups excluding carboxylic acids is 1. The quantitative estimate of drug-likeness (QED) is 0.269. The Bertz CT molecular complexity index is 1500. The number of methoxy groups -OCH3 is 1. The molecule has 0 fully saturated rings. The number of para-hydroxylation sites is 1. The molecule has 0 aliphatic heterocycles. The first kappa shape index (κ1) is 25.1. The summed E-state index contributed by atoms with van der Waals surface area (Å²) in [6.07, 6.45) is 0. The zero-order valence-corrected chi connectivity index (χ0v) is 21.0. The highest BCUT2D eigenvalue weighted by molar-refractivity contribution is 7.80. The summed E-state index contributed by atoms with van der Waals surface area (Å²) >= 11 is 5.73. The molecule has 0 radical (unpaired) electrons. The maximum absolute atomic E-state index is 13.5. The van der Waals surface area contributed by atoms with E-state index in [2.05, 4.69) is 10.3 Å². The SMILES string of the molecule is COC(=O)c1ccccc1NC(=S)N(Cc1ccc(F)cc1)Cc1cc2c(C)ccc(C)c2[nH]c1=O. The van der Waals surface area contributed by atoms with Gasteiger partial charge in [0.25, 0.3) is 5.56 Å². The summed E-state index contributed by atoms with van der Waals surface area (Å²) in [5.41, 5.74) is 4.79. The molecule has 0 aliphatic carbocycles. The molecule has 6 nitrogen and oxygen atoms in total. The lowest BCUT2D eigenvalue weighted by atomic mass is 10.0. The number of aromatic nitrogens is 1. The number of ether oxygens (including phenoxy) is 1. The van der Waals surface area contributed by atoms with Gasteiger partial charge in [0.05, 0.1) is 30.4 Å². The largest absolute Gasteiger partial charge is 0.465 e. The van der Waals surface area contributed by atoms with E-state index in [4.69, 9.17) is 17.0 Å². The van der Waals surface area contributed by atoms with Crippen LogP contribution in [0.1, 0.15) is 32.6 Å². The van der Waals surface area contributed by atoms with Gasteiger partial charge in [0, 0.05) is 17.5 Å². The number of esters is 1. The van der Waals surface area contributed by atoms with Crippen molar-refractivity contribution >= 4 is 39.9 Å². The molecule has 36 heavy (non-hydrogen) atoms. The highest BCUT2D eigenvalue weighted by Gasteiger charge is 2.18. The maximum Gasteiger partial charge on any atom is 0.339 e. The van der Waals surface area contributed by atoms with E-state index in [1.165, 1.54) is 19.2 Å². The minimum absolute atomic E-state index is 0.197. The summed E-state index contributed by atoms with van der Waals surface area (Å²) in [6, 6.07) is 18.9. The Kier molecular flexibility index (Phi) is 7.45. The molecule has 0 saturated heterocycles. The summed E-state index contributed by atoms with van der Waals surface area (Å²) < 4.78 is 18.4. The predicted octanol–water partition coefficient (Wildman–Crippen LogP) is 5.47. The smallest absolute Gasteiger partial charge is 0.339 e. The number of thiocarbonyl (C=S) groups is 1. The first-order valence-electron chi connectivity index (χ1n) is 11.4. The summed E-state index contributed by atoms with van der Waals surface area (Å²) in [4.78, 5) is 30.1. The highest BCUT2D eigenvalue weighted by Crippen LogP contribution is 2.22. The lowest BCUT2D eigenvalue weighted by molar-refractivity contribution is 0.0602. The van der Waals surface area contributed by atoms with Gasteiger partial charge >= 0.3 is 5.97 Å². The van der Waals surface area contributed by atoms with Gasteiger partial charge in [-0.15, -0.1) is 0 Å². The number of nitrogens with zero attached hydrogens (tertiary/aromatic N) is 1.